The fourth-order valence-corrected chi connectivity index (χ4v) is 3.07. The summed E-state index contributed by atoms with van der Waals surface area (Å²) < 4.78 is 0. The van der Waals surface area contributed by atoms with Crippen molar-refractivity contribution in [2.45, 2.75) is 31.8 Å². The molecule has 1 aliphatic carbocycles. The lowest BCUT2D eigenvalue weighted by Gasteiger charge is -2.27. The predicted molar refractivity (Wildman–Crippen MR) is 71.6 cm³/mol. The third kappa shape index (κ3) is 3.54. The van der Waals surface area contributed by atoms with E-state index in [-0.39, 0.29) is 22.8 Å². The summed E-state index contributed by atoms with van der Waals surface area (Å²) in [5.41, 5.74) is 0. The Hall–Kier alpha value is -1.40. The van der Waals surface area contributed by atoms with E-state index in [1.54, 1.807) is 0 Å². The lowest BCUT2D eigenvalue weighted by Crippen LogP contribution is -2.36. The van der Waals surface area contributed by atoms with Gasteiger partial charge in [0.25, 0.3) is 5.91 Å². The number of amides is 1. The van der Waals surface area contributed by atoms with Crippen molar-refractivity contribution in [3.63, 3.8) is 0 Å². The van der Waals surface area contributed by atoms with Crippen LogP contribution in [0.3, 0.4) is 0 Å². The summed E-state index contributed by atoms with van der Waals surface area (Å²) in [6.07, 6.45) is 3.50. The number of aliphatic hydroxyl groups is 1. The van der Waals surface area contributed by atoms with Gasteiger partial charge in [-0.05, 0) is 25.0 Å². The third-order valence-electron chi connectivity index (χ3n) is 3.43. The van der Waals surface area contributed by atoms with Crippen molar-refractivity contribution in [1.82, 2.24) is 5.32 Å². The van der Waals surface area contributed by atoms with Crippen LogP contribution in [0.25, 0.3) is 0 Å². The minimum atomic E-state index is -1.02. The monoisotopic (exact) mass is 283 g/mol. The Kier molecular flexibility index (Phi) is 4.55. The van der Waals surface area contributed by atoms with Crippen molar-refractivity contribution in [3.05, 3.63) is 21.9 Å². The highest BCUT2D eigenvalue weighted by Crippen LogP contribution is 2.24. The summed E-state index contributed by atoms with van der Waals surface area (Å²) in [5.74, 6) is -1.18. The van der Waals surface area contributed by atoms with E-state index < -0.39 is 5.97 Å². The number of aliphatic hydroxyl groups excluding tert-OH is 1. The average molecular weight is 283 g/mol. The molecule has 3 N–H and O–H groups in total. The molecule has 1 aromatic rings. The molecule has 1 fully saturated rings. The number of aromatic carboxylic acids is 1. The Morgan fingerprint density at radius 2 is 1.95 bits per heavy atom. The Labute approximate surface area is 115 Å². The van der Waals surface area contributed by atoms with E-state index in [9.17, 15) is 14.7 Å². The Bertz CT molecular complexity index is 471. The van der Waals surface area contributed by atoms with Gasteiger partial charge in [0.2, 0.25) is 0 Å². The van der Waals surface area contributed by atoms with Crippen LogP contribution in [0, 0.1) is 5.92 Å². The molecule has 2 atom stereocenters. The van der Waals surface area contributed by atoms with Gasteiger partial charge in [-0.1, -0.05) is 12.8 Å². The molecule has 0 spiro atoms. The van der Waals surface area contributed by atoms with Crippen molar-refractivity contribution in [3.8, 4) is 0 Å². The third-order valence-corrected chi connectivity index (χ3v) is 4.51. The Balaban J connectivity index is 1.88. The summed E-state index contributed by atoms with van der Waals surface area (Å²) in [6, 6.07) is 2.94. The van der Waals surface area contributed by atoms with Crippen LogP contribution in [-0.2, 0) is 0 Å². The Morgan fingerprint density at radius 3 is 2.58 bits per heavy atom. The second-order valence-corrected chi connectivity index (χ2v) is 5.87. The number of rotatable bonds is 4. The molecule has 1 heterocycles. The van der Waals surface area contributed by atoms with Gasteiger partial charge < -0.3 is 15.5 Å². The molecule has 0 radical (unpaired) electrons. The highest BCUT2D eigenvalue weighted by molar-refractivity contribution is 7.15. The molecule has 104 valence electrons. The first kappa shape index (κ1) is 14.0. The van der Waals surface area contributed by atoms with Gasteiger partial charge in [-0.3, -0.25) is 4.79 Å². The van der Waals surface area contributed by atoms with Gasteiger partial charge in [-0.25, -0.2) is 4.79 Å². The summed E-state index contributed by atoms with van der Waals surface area (Å²) >= 11 is 0.962. The van der Waals surface area contributed by atoms with Crippen LogP contribution in [0.5, 0.6) is 0 Å². The van der Waals surface area contributed by atoms with Gasteiger partial charge in [0, 0.05) is 12.5 Å². The highest BCUT2D eigenvalue weighted by Gasteiger charge is 2.23. The van der Waals surface area contributed by atoms with Crippen LogP contribution in [0.1, 0.15) is 45.0 Å². The van der Waals surface area contributed by atoms with Gasteiger partial charge in [0.1, 0.15) is 4.88 Å². The zero-order valence-corrected chi connectivity index (χ0v) is 11.3. The number of hydrogen-bond acceptors (Lipinski definition) is 4. The summed E-state index contributed by atoms with van der Waals surface area (Å²) in [4.78, 5) is 23.1. The smallest absolute Gasteiger partial charge is 0.345 e. The second kappa shape index (κ2) is 6.16. The number of thiophene rings is 1. The summed E-state index contributed by atoms with van der Waals surface area (Å²) in [5, 5.41) is 21.4. The maximum Gasteiger partial charge on any atom is 0.345 e. The molecule has 1 aliphatic rings. The van der Waals surface area contributed by atoms with Crippen molar-refractivity contribution >= 4 is 23.2 Å². The van der Waals surface area contributed by atoms with Gasteiger partial charge in [0.05, 0.1) is 11.0 Å². The fraction of sp³-hybridized carbons (Fsp3) is 0.538. The van der Waals surface area contributed by atoms with Gasteiger partial charge in [-0.2, -0.15) is 0 Å². The molecule has 0 unspecified atom stereocenters. The van der Waals surface area contributed by atoms with E-state index >= 15 is 0 Å². The molecule has 0 aliphatic heterocycles. The van der Waals surface area contributed by atoms with Gasteiger partial charge in [0.15, 0.2) is 0 Å². The fourth-order valence-electron chi connectivity index (χ4n) is 2.31. The van der Waals surface area contributed by atoms with Crippen molar-refractivity contribution in [1.29, 1.82) is 0 Å². The molecule has 1 amide bonds. The van der Waals surface area contributed by atoms with Crippen LogP contribution < -0.4 is 5.32 Å². The standard InChI is InChI=1S/C13H17NO4S/c15-9-4-2-1-3-8(9)7-14-12(16)10-5-6-11(19-10)13(17)18/h5-6,8-9,15H,1-4,7H2,(H,14,16)(H,17,18)/t8-,9+/m1/s1. The predicted octanol–water partition coefficient (Wildman–Crippen LogP) is 1.73. The molecule has 1 saturated carbocycles. The first-order valence-electron chi connectivity index (χ1n) is 6.37. The normalized spacial score (nSPS) is 23.0. The maximum atomic E-state index is 11.9. The number of carbonyl (C=O) groups excluding carboxylic acids is 1. The van der Waals surface area contributed by atoms with E-state index in [0.29, 0.717) is 11.4 Å². The second-order valence-electron chi connectivity index (χ2n) is 4.79. The largest absolute Gasteiger partial charge is 0.477 e. The lowest BCUT2D eigenvalue weighted by atomic mass is 9.86. The van der Waals surface area contributed by atoms with Crippen LogP contribution in [0.2, 0.25) is 0 Å². The van der Waals surface area contributed by atoms with Crippen LogP contribution in [0.4, 0.5) is 0 Å². The molecule has 2 rings (SSSR count). The maximum absolute atomic E-state index is 11.9. The number of carbonyl (C=O) groups is 2. The quantitative estimate of drug-likeness (QED) is 0.785. The number of carboxylic acid groups (broad SMARTS) is 1. The summed E-state index contributed by atoms with van der Waals surface area (Å²) in [7, 11) is 0. The molecular formula is C13H17NO4S. The SMILES string of the molecule is O=C(O)c1ccc(C(=O)NC[C@H]2CCCC[C@@H]2O)s1. The van der Waals surface area contributed by atoms with E-state index in [0.717, 1.165) is 37.0 Å². The van der Waals surface area contributed by atoms with Crippen LogP contribution >= 0.6 is 11.3 Å². The average Bonchev–Trinajstić information content (AvgIpc) is 2.87. The zero-order valence-electron chi connectivity index (χ0n) is 10.5. The molecule has 0 aromatic carbocycles. The number of carboxylic acids is 1. The molecule has 19 heavy (non-hydrogen) atoms. The Morgan fingerprint density at radius 1 is 1.26 bits per heavy atom. The lowest BCUT2D eigenvalue weighted by molar-refractivity contribution is 0.0662. The van der Waals surface area contributed by atoms with Crippen molar-refractivity contribution < 1.29 is 19.8 Å². The summed E-state index contributed by atoms with van der Waals surface area (Å²) in [6.45, 7) is 0.445. The first-order valence-corrected chi connectivity index (χ1v) is 7.19. The molecule has 0 saturated heterocycles. The zero-order chi connectivity index (χ0) is 13.8. The van der Waals surface area contributed by atoms with Crippen molar-refractivity contribution in [2.24, 2.45) is 5.92 Å². The molecular weight excluding hydrogens is 266 g/mol. The van der Waals surface area contributed by atoms with Crippen molar-refractivity contribution in [2.75, 3.05) is 6.54 Å². The molecule has 5 nitrogen and oxygen atoms in total. The molecule has 0 bridgehead atoms. The van der Waals surface area contributed by atoms with E-state index in [4.69, 9.17) is 5.11 Å². The minimum Gasteiger partial charge on any atom is -0.477 e. The number of hydrogen-bond donors (Lipinski definition) is 3. The topological polar surface area (TPSA) is 86.6 Å². The van der Waals surface area contributed by atoms with Crippen LogP contribution in [0.15, 0.2) is 12.1 Å². The van der Waals surface area contributed by atoms with E-state index in [1.165, 1.54) is 12.1 Å². The minimum absolute atomic E-state index is 0.108. The van der Waals surface area contributed by atoms with Crippen LogP contribution in [-0.4, -0.2) is 34.7 Å². The van der Waals surface area contributed by atoms with E-state index in [2.05, 4.69) is 5.32 Å². The van der Waals surface area contributed by atoms with Gasteiger partial charge in [-0.15, -0.1) is 11.3 Å². The first-order chi connectivity index (χ1) is 9.08. The van der Waals surface area contributed by atoms with E-state index in [1.807, 2.05) is 0 Å². The molecule has 6 heteroatoms. The highest BCUT2D eigenvalue weighted by atomic mass is 32.1. The molecule has 1 aromatic heterocycles. The number of nitrogens with one attached hydrogen (secondary N) is 1. The van der Waals surface area contributed by atoms with Gasteiger partial charge >= 0.3 is 5.97 Å².